The Kier molecular flexibility index (Phi) is 5.09. The van der Waals surface area contributed by atoms with Crippen LogP contribution in [0.15, 0.2) is 42.5 Å². The van der Waals surface area contributed by atoms with Crippen LogP contribution in [0, 0.1) is 5.82 Å². The SMILES string of the molecule is NC(Cc1ccc(Cl)cc1F)c1ccc(OC(F)F)cc1. The molecule has 0 aliphatic rings. The first-order valence-corrected chi connectivity index (χ1v) is 6.58. The predicted octanol–water partition coefficient (Wildman–Crippen LogP) is 4.32. The molecule has 0 saturated carbocycles. The molecule has 1 unspecified atom stereocenters. The second-order valence-corrected chi connectivity index (χ2v) is 4.93. The zero-order chi connectivity index (χ0) is 15.4. The largest absolute Gasteiger partial charge is 0.435 e. The summed E-state index contributed by atoms with van der Waals surface area (Å²) in [5.41, 5.74) is 7.14. The fraction of sp³-hybridized carbons (Fsp3) is 0.200. The van der Waals surface area contributed by atoms with Gasteiger partial charge in [0.15, 0.2) is 0 Å². The van der Waals surface area contributed by atoms with Gasteiger partial charge in [0.25, 0.3) is 0 Å². The molecule has 0 bridgehead atoms. The summed E-state index contributed by atoms with van der Waals surface area (Å²) in [7, 11) is 0. The Labute approximate surface area is 125 Å². The highest BCUT2D eigenvalue weighted by Crippen LogP contribution is 2.23. The molecule has 2 rings (SSSR count). The molecule has 2 aromatic rings. The number of rotatable bonds is 5. The summed E-state index contributed by atoms with van der Waals surface area (Å²) in [5, 5.41) is 0.318. The van der Waals surface area contributed by atoms with Gasteiger partial charge in [0.2, 0.25) is 0 Å². The Balaban J connectivity index is 2.07. The molecule has 0 aromatic heterocycles. The lowest BCUT2D eigenvalue weighted by atomic mass is 9.99. The van der Waals surface area contributed by atoms with Crippen LogP contribution < -0.4 is 10.5 Å². The van der Waals surface area contributed by atoms with Crippen molar-refractivity contribution in [1.82, 2.24) is 0 Å². The first-order chi connectivity index (χ1) is 9.95. The maximum absolute atomic E-state index is 13.7. The van der Waals surface area contributed by atoms with Gasteiger partial charge in [-0.3, -0.25) is 0 Å². The molecular weight excluding hydrogens is 303 g/mol. The van der Waals surface area contributed by atoms with Gasteiger partial charge >= 0.3 is 6.61 Å². The molecule has 1 atom stereocenters. The molecule has 112 valence electrons. The van der Waals surface area contributed by atoms with Gasteiger partial charge in [-0.15, -0.1) is 0 Å². The molecule has 0 aliphatic heterocycles. The van der Waals surface area contributed by atoms with Crippen LogP contribution >= 0.6 is 11.6 Å². The van der Waals surface area contributed by atoms with Crippen molar-refractivity contribution in [2.75, 3.05) is 0 Å². The Bertz CT molecular complexity index is 604. The van der Waals surface area contributed by atoms with E-state index >= 15 is 0 Å². The van der Waals surface area contributed by atoms with Crippen LogP contribution in [0.5, 0.6) is 5.75 Å². The van der Waals surface area contributed by atoms with E-state index in [1.165, 1.54) is 18.2 Å². The molecule has 2 aromatic carbocycles. The predicted molar refractivity (Wildman–Crippen MR) is 75.1 cm³/mol. The molecule has 6 heteroatoms. The van der Waals surface area contributed by atoms with Gasteiger partial charge in [-0.05, 0) is 41.8 Å². The average molecular weight is 316 g/mol. The summed E-state index contributed by atoms with van der Waals surface area (Å²) in [6.45, 7) is -2.87. The van der Waals surface area contributed by atoms with E-state index in [0.29, 0.717) is 16.1 Å². The number of hydrogen-bond acceptors (Lipinski definition) is 2. The maximum atomic E-state index is 13.7. The van der Waals surface area contributed by atoms with Crippen LogP contribution in [0.1, 0.15) is 17.2 Å². The number of benzene rings is 2. The van der Waals surface area contributed by atoms with Gasteiger partial charge in [-0.25, -0.2) is 4.39 Å². The molecule has 0 heterocycles. The Morgan fingerprint density at radius 2 is 1.76 bits per heavy atom. The van der Waals surface area contributed by atoms with E-state index in [0.717, 1.165) is 0 Å². The quantitative estimate of drug-likeness (QED) is 0.891. The van der Waals surface area contributed by atoms with E-state index in [9.17, 15) is 13.2 Å². The fourth-order valence-electron chi connectivity index (χ4n) is 1.94. The summed E-state index contributed by atoms with van der Waals surface area (Å²) in [6.07, 6.45) is 0.276. The van der Waals surface area contributed by atoms with Crippen LogP contribution in [0.2, 0.25) is 5.02 Å². The standard InChI is InChI=1S/C15H13ClF3NO/c16-11-4-1-10(13(17)8-11)7-14(20)9-2-5-12(6-3-9)21-15(18)19/h1-6,8,14-15H,7,20H2. The van der Waals surface area contributed by atoms with E-state index in [1.54, 1.807) is 24.3 Å². The maximum Gasteiger partial charge on any atom is 0.387 e. The Morgan fingerprint density at radius 3 is 2.33 bits per heavy atom. The molecular formula is C15H13ClF3NO. The normalized spacial score (nSPS) is 12.5. The second-order valence-electron chi connectivity index (χ2n) is 4.49. The minimum atomic E-state index is -2.87. The summed E-state index contributed by atoms with van der Waals surface area (Å²) in [4.78, 5) is 0. The number of halogens is 4. The minimum Gasteiger partial charge on any atom is -0.435 e. The van der Waals surface area contributed by atoms with Crippen LogP contribution in [-0.2, 0) is 6.42 Å². The zero-order valence-electron chi connectivity index (χ0n) is 10.9. The lowest BCUT2D eigenvalue weighted by Gasteiger charge is -2.13. The van der Waals surface area contributed by atoms with Crippen LogP contribution in [0.3, 0.4) is 0 Å². The number of alkyl halides is 2. The van der Waals surface area contributed by atoms with Crippen molar-refractivity contribution in [3.05, 3.63) is 64.4 Å². The number of nitrogens with two attached hydrogens (primary N) is 1. The lowest BCUT2D eigenvalue weighted by Crippen LogP contribution is -2.14. The van der Waals surface area contributed by atoms with Crippen molar-refractivity contribution in [2.45, 2.75) is 19.1 Å². The van der Waals surface area contributed by atoms with E-state index in [-0.39, 0.29) is 12.2 Å². The highest BCUT2D eigenvalue weighted by Gasteiger charge is 2.12. The van der Waals surface area contributed by atoms with Crippen molar-refractivity contribution in [3.8, 4) is 5.75 Å². The number of ether oxygens (including phenoxy) is 1. The fourth-order valence-corrected chi connectivity index (χ4v) is 2.10. The highest BCUT2D eigenvalue weighted by atomic mass is 35.5. The van der Waals surface area contributed by atoms with Crippen molar-refractivity contribution >= 4 is 11.6 Å². The second kappa shape index (κ2) is 6.83. The van der Waals surface area contributed by atoms with E-state index in [4.69, 9.17) is 17.3 Å². The third-order valence-corrected chi connectivity index (χ3v) is 3.22. The van der Waals surface area contributed by atoms with Gasteiger partial charge in [0, 0.05) is 11.1 Å². The highest BCUT2D eigenvalue weighted by molar-refractivity contribution is 6.30. The molecule has 0 spiro atoms. The molecule has 0 aliphatic carbocycles. The topological polar surface area (TPSA) is 35.2 Å². The van der Waals surface area contributed by atoms with E-state index in [1.807, 2.05) is 0 Å². The first-order valence-electron chi connectivity index (χ1n) is 6.20. The van der Waals surface area contributed by atoms with E-state index in [2.05, 4.69) is 4.74 Å². The molecule has 0 amide bonds. The smallest absolute Gasteiger partial charge is 0.387 e. The summed E-state index contributed by atoms with van der Waals surface area (Å²) in [6, 6.07) is 9.90. The van der Waals surface area contributed by atoms with Crippen LogP contribution in [0.25, 0.3) is 0 Å². The van der Waals surface area contributed by atoms with Crippen LogP contribution in [0.4, 0.5) is 13.2 Å². The average Bonchev–Trinajstić information content (AvgIpc) is 2.42. The van der Waals surface area contributed by atoms with Crippen LogP contribution in [-0.4, -0.2) is 6.61 Å². The molecule has 2 N–H and O–H groups in total. The van der Waals surface area contributed by atoms with Gasteiger partial charge in [0.05, 0.1) is 0 Å². The molecule has 0 saturated heterocycles. The molecule has 0 radical (unpaired) electrons. The van der Waals surface area contributed by atoms with Gasteiger partial charge in [-0.2, -0.15) is 8.78 Å². The Hall–Kier alpha value is -1.72. The summed E-state index contributed by atoms with van der Waals surface area (Å²) < 4.78 is 42.0. The van der Waals surface area contributed by atoms with Gasteiger partial charge in [0.1, 0.15) is 11.6 Å². The summed E-state index contributed by atoms with van der Waals surface area (Å²) in [5.74, 6) is -0.366. The monoisotopic (exact) mass is 315 g/mol. The van der Waals surface area contributed by atoms with Crippen molar-refractivity contribution in [2.24, 2.45) is 5.73 Å². The number of hydrogen-bond donors (Lipinski definition) is 1. The third kappa shape index (κ3) is 4.37. The van der Waals surface area contributed by atoms with Gasteiger partial charge in [-0.1, -0.05) is 29.8 Å². The lowest BCUT2D eigenvalue weighted by molar-refractivity contribution is -0.0498. The molecule has 0 fully saturated rings. The molecule has 21 heavy (non-hydrogen) atoms. The Morgan fingerprint density at radius 1 is 1.10 bits per heavy atom. The first kappa shape index (κ1) is 15.7. The van der Waals surface area contributed by atoms with Crippen molar-refractivity contribution in [3.63, 3.8) is 0 Å². The zero-order valence-corrected chi connectivity index (χ0v) is 11.7. The van der Waals surface area contributed by atoms with Crippen molar-refractivity contribution < 1.29 is 17.9 Å². The minimum absolute atomic E-state index is 0.0543. The van der Waals surface area contributed by atoms with Crippen molar-refractivity contribution in [1.29, 1.82) is 0 Å². The summed E-state index contributed by atoms with van der Waals surface area (Å²) >= 11 is 5.68. The molecule has 2 nitrogen and oxygen atoms in total. The van der Waals surface area contributed by atoms with Gasteiger partial charge < -0.3 is 10.5 Å². The third-order valence-electron chi connectivity index (χ3n) is 2.99. The van der Waals surface area contributed by atoms with E-state index < -0.39 is 18.5 Å².